The molecule has 0 radical (unpaired) electrons. The first-order chi connectivity index (χ1) is 11.0. The lowest BCUT2D eigenvalue weighted by molar-refractivity contribution is -0.155. The Morgan fingerprint density at radius 3 is 2.61 bits per heavy atom. The van der Waals surface area contributed by atoms with E-state index < -0.39 is 18.4 Å². The average Bonchev–Trinajstić information content (AvgIpc) is 2.48. The predicted octanol–water partition coefficient (Wildman–Crippen LogP) is 1.45. The fourth-order valence-corrected chi connectivity index (χ4v) is 2.16. The first-order valence-corrected chi connectivity index (χ1v) is 7.48. The van der Waals surface area contributed by atoms with Crippen molar-refractivity contribution in [2.75, 3.05) is 13.7 Å². The third kappa shape index (κ3) is 4.59. The number of carbonyl (C=O) groups is 3. The summed E-state index contributed by atoms with van der Waals surface area (Å²) >= 11 is 5.83. The lowest BCUT2D eigenvalue weighted by atomic mass is 9.86. The minimum atomic E-state index is -0.632. The maximum Gasteiger partial charge on any atom is 0.309 e. The molecule has 0 aromatic heterocycles. The van der Waals surface area contributed by atoms with Gasteiger partial charge in [-0.3, -0.25) is 25.2 Å². The van der Waals surface area contributed by atoms with E-state index in [1.54, 1.807) is 12.1 Å². The van der Waals surface area contributed by atoms with Crippen molar-refractivity contribution in [2.45, 2.75) is 19.3 Å². The maximum absolute atomic E-state index is 12.0. The van der Waals surface area contributed by atoms with Crippen molar-refractivity contribution in [3.8, 4) is 5.75 Å². The Morgan fingerprint density at radius 2 is 2.00 bits per heavy atom. The Morgan fingerprint density at radius 1 is 1.26 bits per heavy atom. The highest BCUT2D eigenvalue weighted by atomic mass is 35.5. The molecule has 8 heteroatoms. The number of ether oxygens (including phenoxy) is 2. The number of halogens is 1. The van der Waals surface area contributed by atoms with Crippen LogP contribution in [0.15, 0.2) is 18.2 Å². The minimum absolute atomic E-state index is 0.104. The van der Waals surface area contributed by atoms with Crippen molar-refractivity contribution in [1.29, 1.82) is 0 Å². The van der Waals surface area contributed by atoms with Gasteiger partial charge in [-0.1, -0.05) is 18.0 Å². The molecule has 0 bridgehead atoms. The second-order valence-corrected chi connectivity index (χ2v) is 5.52. The first kappa shape index (κ1) is 17.1. The fraction of sp³-hybridized carbons (Fsp3) is 0.400. The van der Waals surface area contributed by atoms with Crippen LogP contribution in [0.5, 0.6) is 5.75 Å². The van der Waals surface area contributed by atoms with E-state index in [0.717, 1.165) is 19.3 Å². The van der Waals surface area contributed by atoms with Crippen LogP contribution in [0, 0.1) is 5.92 Å². The molecule has 1 saturated carbocycles. The number of nitrogens with one attached hydrogen (secondary N) is 2. The van der Waals surface area contributed by atoms with Crippen molar-refractivity contribution in [2.24, 2.45) is 5.92 Å². The molecule has 124 valence electrons. The van der Waals surface area contributed by atoms with Gasteiger partial charge in [-0.25, -0.2) is 0 Å². The second kappa shape index (κ2) is 7.82. The Labute approximate surface area is 138 Å². The average molecular weight is 341 g/mol. The Bertz CT molecular complexity index is 616. The van der Waals surface area contributed by atoms with Gasteiger partial charge in [-0.15, -0.1) is 0 Å². The smallest absolute Gasteiger partial charge is 0.309 e. The van der Waals surface area contributed by atoms with E-state index >= 15 is 0 Å². The van der Waals surface area contributed by atoms with Gasteiger partial charge in [0.1, 0.15) is 5.75 Å². The van der Waals surface area contributed by atoms with Crippen LogP contribution in [0.4, 0.5) is 0 Å². The maximum atomic E-state index is 12.0. The van der Waals surface area contributed by atoms with E-state index in [-0.39, 0.29) is 17.5 Å². The number of hydrogen-bond donors (Lipinski definition) is 2. The summed E-state index contributed by atoms with van der Waals surface area (Å²) in [6.07, 6.45) is 2.60. The summed E-state index contributed by atoms with van der Waals surface area (Å²) in [7, 11) is 1.42. The number of benzene rings is 1. The molecule has 0 atom stereocenters. The predicted molar refractivity (Wildman–Crippen MR) is 81.9 cm³/mol. The van der Waals surface area contributed by atoms with E-state index in [0.29, 0.717) is 10.8 Å². The van der Waals surface area contributed by atoms with E-state index in [1.807, 2.05) is 0 Å². The molecule has 1 aromatic rings. The quantitative estimate of drug-likeness (QED) is 0.625. The molecule has 2 N–H and O–H groups in total. The normalized spacial score (nSPS) is 13.7. The van der Waals surface area contributed by atoms with Gasteiger partial charge in [0, 0.05) is 5.02 Å². The van der Waals surface area contributed by atoms with E-state index in [1.165, 1.54) is 13.2 Å². The van der Waals surface area contributed by atoms with Crippen LogP contribution in [-0.2, 0) is 14.3 Å². The summed E-state index contributed by atoms with van der Waals surface area (Å²) < 4.78 is 9.91. The van der Waals surface area contributed by atoms with Gasteiger partial charge >= 0.3 is 5.97 Å². The van der Waals surface area contributed by atoms with Crippen LogP contribution >= 0.6 is 11.6 Å². The van der Waals surface area contributed by atoms with E-state index in [9.17, 15) is 14.4 Å². The molecule has 2 rings (SSSR count). The summed E-state index contributed by atoms with van der Waals surface area (Å²) in [4.78, 5) is 35.1. The summed E-state index contributed by atoms with van der Waals surface area (Å²) in [5, 5.41) is 0.358. The molecule has 7 nitrogen and oxygen atoms in total. The molecule has 1 fully saturated rings. The van der Waals surface area contributed by atoms with Gasteiger partial charge in [0.2, 0.25) is 0 Å². The van der Waals surface area contributed by atoms with Crippen LogP contribution in [0.2, 0.25) is 5.02 Å². The second-order valence-electron chi connectivity index (χ2n) is 5.08. The lowest BCUT2D eigenvalue weighted by Gasteiger charge is -2.22. The third-order valence-corrected chi connectivity index (χ3v) is 3.74. The Balaban J connectivity index is 1.80. The van der Waals surface area contributed by atoms with Gasteiger partial charge < -0.3 is 9.47 Å². The highest BCUT2D eigenvalue weighted by Crippen LogP contribution is 2.27. The molecule has 1 aliphatic carbocycles. The number of hydrazine groups is 1. The topological polar surface area (TPSA) is 93.7 Å². The van der Waals surface area contributed by atoms with Gasteiger partial charge in [0.15, 0.2) is 6.61 Å². The lowest BCUT2D eigenvalue weighted by Crippen LogP contribution is -2.44. The molecule has 0 saturated heterocycles. The van der Waals surface area contributed by atoms with Crippen molar-refractivity contribution in [1.82, 2.24) is 10.9 Å². The molecule has 0 aliphatic heterocycles. The van der Waals surface area contributed by atoms with Crippen LogP contribution in [0.1, 0.15) is 29.6 Å². The number of carbonyl (C=O) groups excluding carboxylic acids is 3. The SMILES string of the molecule is COc1ccc(Cl)cc1C(=O)NNC(=O)COC(=O)C1CCC1. The zero-order chi connectivity index (χ0) is 16.8. The Hall–Kier alpha value is -2.28. The number of amides is 2. The molecule has 0 spiro atoms. The van der Waals surface area contributed by atoms with Crippen molar-refractivity contribution >= 4 is 29.4 Å². The van der Waals surface area contributed by atoms with Crippen LogP contribution in [0.3, 0.4) is 0 Å². The molecular formula is C15H17ClN2O5. The molecule has 1 aliphatic rings. The third-order valence-electron chi connectivity index (χ3n) is 3.51. The number of rotatable bonds is 5. The summed E-state index contributed by atoms with van der Waals surface area (Å²) in [6, 6.07) is 4.54. The van der Waals surface area contributed by atoms with E-state index in [2.05, 4.69) is 10.9 Å². The monoisotopic (exact) mass is 340 g/mol. The number of hydrogen-bond acceptors (Lipinski definition) is 5. The molecule has 0 heterocycles. The number of esters is 1. The molecule has 23 heavy (non-hydrogen) atoms. The fourth-order valence-electron chi connectivity index (χ4n) is 1.99. The molecular weight excluding hydrogens is 324 g/mol. The largest absolute Gasteiger partial charge is 0.496 e. The van der Waals surface area contributed by atoms with Gasteiger partial charge in [-0.05, 0) is 31.0 Å². The highest BCUT2D eigenvalue weighted by Gasteiger charge is 2.27. The Kier molecular flexibility index (Phi) is 5.81. The number of methoxy groups -OCH3 is 1. The first-order valence-electron chi connectivity index (χ1n) is 7.10. The van der Waals surface area contributed by atoms with Crippen LogP contribution in [-0.4, -0.2) is 31.5 Å². The summed E-state index contributed by atoms with van der Waals surface area (Å²) in [6.45, 7) is -0.442. The van der Waals surface area contributed by atoms with Crippen LogP contribution < -0.4 is 15.6 Å². The highest BCUT2D eigenvalue weighted by molar-refractivity contribution is 6.31. The standard InChI is InChI=1S/C15H17ClN2O5/c1-22-12-6-5-10(16)7-11(12)14(20)18-17-13(19)8-23-15(21)9-3-2-4-9/h5-7,9H,2-4,8H2,1H3,(H,17,19)(H,18,20). The van der Waals surface area contributed by atoms with Gasteiger partial charge in [0.25, 0.3) is 11.8 Å². The van der Waals surface area contributed by atoms with Gasteiger partial charge in [-0.2, -0.15) is 0 Å². The summed E-state index contributed by atoms with van der Waals surface area (Å²) in [5.41, 5.74) is 4.55. The van der Waals surface area contributed by atoms with Crippen molar-refractivity contribution in [3.63, 3.8) is 0 Å². The van der Waals surface area contributed by atoms with Crippen molar-refractivity contribution < 1.29 is 23.9 Å². The zero-order valence-corrected chi connectivity index (χ0v) is 13.3. The summed E-state index contributed by atoms with van der Waals surface area (Å²) in [5.74, 6) is -1.39. The zero-order valence-electron chi connectivity index (χ0n) is 12.6. The van der Waals surface area contributed by atoms with E-state index in [4.69, 9.17) is 21.1 Å². The molecule has 2 amide bonds. The van der Waals surface area contributed by atoms with Gasteiger partial charge in [0.05, 0.1) is 18.6 Å². The van der Waals surface area contributed by atoms with Crippen LogP contribution in [0.25, 0.3) is 0 Å². The van der Waals surface area contributed by atoms with Crippen molar-refractivity contribution in [3.05, 3.63) is 28.8 Å². The minimum Gasteiger partial charge on any atom is -0.496 e. The molecule has 1 aromatic carbocycles. The molecule has 0 unspecified atom stereocenters.